The molecule has 0 amide bonds. The number of hydrogen-bond donors (Lipinski definition) is 0. The van der Waals surface area contributed by atoms with Gasteiger partial charge < -0.3 is 4.18 Å². The van der Waals surface area contributed by atoms with E-state index in [1.54, 1.807) is 12.1 Å². The second kappa shape index (κ2) is 7.31. The zero-order chi connectivity index (χ0) is 18.8. The molecular weight excluding hydrogens is 365 g/mol. The predicted molar refractivity (Wildman–Crippen MR) is 93.3 cm³/mol. The van der Waals surface area contributed by atoms with Crippen molar-refractivity contribution in [2.45, 2.75) is 43.5 Å². The first-order valence-electron chi connectivity index (χ1n) is 8.48. The fourth-order valence-corrected chi connectivity index (χ4v) is 3.82. The maximum absolute atomic E-state index is 12.7. The van der Waals surface area contributed by atoms with Gasteiger partial charge in [-0.05, 0) is 47.6 Å². The molecule has 1 aliphatic carbocycles. The third kappa shape index (κ3) is 4.03. The highest BCUT2D eigenvalue weighted by Crippen LogP contribution is 2.41. The summed E-state index contributed by atoms with van der Waals surface area (Å²) in [6, 6.07) is 14.1. The van der Waals surface area contributed by atoms with Crippen LogP contribution in [0.2, 0.25) is 0 Å². The van der Waals surface area contributed by atoms with Crippen LogP contribution in [0.3, 0.4) is 0 Å². The molecule has 0 aromatic heterocycles. The first-order chi connectivity index (χ1) is 12.3. The van der Waals surface area contributed by atoms with Gasteiger partial charge in [-0.25, -0.2) is 0 Å². The molecule has 0 heterocycles. The summed E-state index contributed by atoms with van der Waals surface area (Å²) in [4.78, 5) is 0. The minimum absolute atomic E-state index is 0.00848. The van der Waals surface area contributed by atoms with E-state index in [0.717, 1.165) is 43.2 Å². The van der Waals surface area contributed by atoms with Crippen molar-refractivity contribution in [2.24, 2.45) is 0 Å². The Hall–Kier alpha value is -2.02. The smallest absolute Gasteiger partial charge is 0.376 e. The molecule has 0 unspecified atom stereocenters. The van der Waals surface area contributed by atoms with Gasteiger partial charge in [-0.15, -0.1) is 0 Å². The molecule has 1 aliphatic rings. The summed E-state index contributed by atoms with van der Waals surface area (Å²) < 4.78 is 65.6. The summed E-state index contributed by atoms with van der Waals surface area (Å²) in [6.07, 6.45) is 4.62. The van der Waals surface area contributed by atoms with Gasteiger partial charge >= 0.3 is 15.6 Å². The maximum atomic E-state index is 12.7. The number of rotatable bonds is 4. The highest BCUT2D eigenvalue weighted by atomic mass is 32.2. The molecule has 0 atom stereocenters. The minimum atomic E-state index is -5.69. The monoisotopic (exact) mass is 384 g/mol. The van der Waals surface area contributed by atoms with Gasteiger partial charge in [0.05, 0.1) is 0 Å². The van der Waals surface area contributed by atoms with E-state index in [1.807, 2.05) is 30.3 Å². The summed E-state index contributed by atoms with van der Waals surface area (Å²) in [7, 11) is -5.69. The van der Waals surface area contributed by atoms with Gasteiger partial charge in [-0.2, -0.15) is 21.6 Å². The van der Waals surface area contributed by atoms with Gasteiger partial charge in [0.1, 0.15) is 5.75 Å². The van der Waals surface area contributed by atoms with Crippen LogP contribution in [0, 0.1) is 0 Å². The highest BCUT2D eigenvalue weighted by molar-refractivity contribution is 7.88. The molecule has 2 aromatic rings. The van der Waals surface area contributed by atoms with Crippen LogP contribution in [-0.2, 0) is 10.1 Å². The molecule has 1 fully saturated rings. The largest absolute Gasteiger partial charge is 0.534 e. The SMILES string of the molecule is O=S(=O)(Oc1ccc(-c2ccccc2)cc1C1CCCCC1)C(F)(F)F. The average molecular weight is 384 g/mol. The molecule has 0 saturated heterocycles. The molecule has 0 spiro atoms. The Kier molecular flexibility index (Phi) is 5.27. The van der Waals surface area contributed by atoms with E-state index < -0.39 is 15.6 Å². The molecule has 0 radical (unpaired) electrons. The molecule has 0 N–H and O–H groups in total. The van der Waals surface area contributed by atoms with Crippen molar-refractivity contribution in [1.82, 2.24) is 0 Å². The summed E-state index contributed by atoms with van der Waals surface area (Å²) >= 11 is 0. The summed E-state index contributed by atoms with van der Waals surface area (Å²) in [6.45, 7) is 0. The van der Waals surface area contributed by atoms with E-state index in [1.165, 1.54) is 6.07 Å². The van der Waals surface area contributed by atoms with Crippen LogP contribution in [0.1, 0.15) is 43.6 Å². The Labute approximate surface area is 150 Å². The highest BCUT2D eigenvalue weighted by Gasteiger charge is 2.49. The average Bonchev–Trinajstić information content (AvgIpc) is 2.62. The molecule has 0 aliphatic heterocycles. The minimum Gasteiger partial charge on any atom is -0.376 e. The van der Waals surface area contributed by atoms with Crippen LogP contribution in [0.5, 0.6) is 5.75 Å². The normalized spacial score (nSPS) is 16.4. The Bertz CT molecular complexity index is 855. The predicted octanol–water partition coefficient (Wildman–Crippen LogP) is 5.63. The van der Waals surface area contributed by atoms with Crippen molar-refractivity contribution < 1.29 is 25.8 Å². The van der Waals surface area contributed by atoms with E-state index in [-0.39, 0.29) is 11.7 Å². The molecule has 2 aromatic carbocycles. The third-order valence-corrected chi connectivity index (χ3v) is 5.61. The molecule has 140 valence electrons. The van der Waals surface area contributed by atoms with Crippen LogP contribution in [-0.4, -0.2) is 13.9 Å². The number of alkyl halides is 3. The van der Waals surface area contributed by atoms with Crippen molar-refractivity contribution in [1.29, 1.82) is 0 Å². The first-order valence-corrected chi connectivity index (χ1v) is 9.89. The number of hydrogen-bond acceptors (Lipinski definition) is 3. The van der Waals surface area contributed by atoms with E-state index in [9.17, 15) is 21.6 Å². The quantitative estimate of drug-likeness (QED) is 0.507. The molecule has 26 heavy (non-hydrogen) atoms. The van der Waals surface area contributed by atoms with E-state index in [4.69, 9.17) is 0 Å². The Morgan fingerprint density at radius 3 is 2.15 bits per heavy atom. The lowest BCUT2D eigenvalue weighted by atomic mass is 9.83. The van der Waals surface area contributed by atoms with Crippen LogP contribution in [0.25, 0.3) is 11.1 Å². The second-order valence-corrected chi connectivity index (χ2v) is 7.97. The molecule has 3 rings (SSSR count). The van der Waals surface area contributed by atoms with Crippen LogP contribution < -0.4 is 4.18 Å². The molecule has 1 saturated carbocycles. The zero-order valence-electron chi connectivity index (χ0n) is 14.0. The van der Waals surface area contributed by atoms with Crippen molar-refractivity contribution in [2.75, 3.05) is 0 Å². The molecule has 3 nitrogen and oxygen atoms in total. The molecule has 7 heteroatoms. The maximum Gasteiger partial charge on any atom is 0.534 e. The van der Waals surface area contributed by atoms with Gasteiger partial charge in [0, 0.05) is 0 Å². The fourth-order valence-electron chi connectivity index (χ4n) is 3.33. The van der Waals surface area contributed by atoms with Gasteiger partial charge in [0.15, 0.2) is 0 Å². The van der Waals surface area contributed by atoms with E-state index in [0.29, 0.717) is 5.56 Å². The third-order valence-electron chi connectivity index (χ3n) is 4.64. The lowest BCUT2D eigenvalue weighted by Crippen LogP contribution is -2.28. The van der Waals surface area contributed by atoms with E-state index >= 15 is 0 Å². The summed E-state index contributed by atoms with van der Waals surface area (Å²) in [5, 5.41) is 0. The standard InChI is InChI=1S/C19H19F3O3S/c20-19(21,22)26(23,24)25-18-12-11-16(14-7-3-1-4-8-14)13-17(18)15-9-5-2-6-10-15/h1,3-4,7-8,11-13,15H,2,5-6,9-10H2. The first kappa shape index (κ1) is 18.8. The Morgan fingerprint density at radius 1 is 0.885 bits per heavy atom. The van der Waals surface area contributed by atoms with Crippen molar-refractivity contribution >= 4 is 10.1 Å². The van der Waals surface area contributed by atoms with Crippen molar-refractivity contribution in [3.05, 3.63) is 54.1 Å². The van der Waals surface area contributed by atoms with Gasteiger partial charge in [-0.1, -0.05) is 55.7 Å². The summed E-state index contributed by atoms with van der Waals surface area (Å²) in [5.41, 5.74) is -3.19. The van der Waals surface area contributed by atoms with Gasteiger partial charge in [-0.3, -0.25) is 0 Å². The van der Waals surface area contributed by atoms with Crippen LogP contribution >= 0.6 is 0 Å². The zero-order valence-corrected chi connectivity index (χ0v) is 14.8. The number of halogens is 3. The van der Waals surface area contributed by atoms with E-state index in [2.05, 4.69) is 4.18 Å². The second-order valence-electron chi connectivity index (χ2n) is 6.44. The number of benzene rings is 2. The summed E-state index contributed by atoms with van der Waals surface area (Å²) in [5.74, 6) is -0.236. The van der Waals surface area contributed by atoms with Crippen LogP contribution in [0.4, 0.5) is 13.2 Å². The molecular formula is C19H19F3O3S. The lowest BCUT2D eigenvalue weighted by Gasteiger charge is -2.25. The van der Waals surface area contributed by atoms with Crippen LogP contribution in [0.15, 0.2) is 48.5 Å². The van der Waals surface area contributed by atoms with Gasteiger partial charge in [0.25, 0.3) is 0 Å². The Morgan fingerprint density at radius 2 is 1.54 bits per heavy atom. The Balaban J connectivity index is 2.03. The lowest BCUT2D eigenvalue weighted by molar-refractivity contribution is -0.0500. The van der Waals surface area contributed by atoms with Gasteiger partial charge in [0.2, 0.25) is 0 Å². The van der Waals surface area contributed by atoms with Crippen molar-refractivity contribution in [3.63, 3.8) is 0 Å². The van der Waals surface area contributed by atoms with Crippen molar-refractivity contribution in [3.8, 4) is 16.9 Å². The molecule has 0 bridgehead atoms. The topological polar surface area (TPSA) is 43.4 Å². The fraction of sp³-hybridized carbons (Fsp3) is 0.368.